The molecule has 0 atom stereocenters. The van der Waals surface area contributed by atoms with Gasteiger partial charge in [0.15, 0.2) is 0 Å². The highest BCUT2D eigenvalue weighted by molar-refractivity contribution is 9.10. The summed E-state index contributed by atoms with van der Waals surface area (Å²) in [6, 6.07) is 5.80. The number of rotatable bonds is 8. The zero-order valence-electron chi connectivity index (χ0n) is 12.1. The first-order valence-electron chi connectivity index (χ1n) is 6.33. The molecule has 20 heavy (non-hydrogen) atoms. The van der Waals surface area contributed by atoms with Gasteiger partial charge in [0.2, 0.25) is 5.91 Å². The average molecular weight is 345 g/mol. The Morgan fingerprint density at radius 3 is 2.80 bits per heavy atom. The van der Waals surface area contributed by atoms with E-state index in [4.69, 9.17) is 9.47 Å². The van der Waals surface area contributed by atoms with E-state index in [2.05, 4.69) is 21.2 Å². The Morgan fingerprint density at radius 1 is 1.40 bits per heavy atom. The number of carbonyl (C=O) groups excluding carboxylic acids is 1. The Bertz CT molecular complexity index is 440. The number of benzene rings is 1. The number of likely N-dealkylation sites (N-methyl/N-ethyl adjacent to an activating group) is 1. The number of ether oxygens (including phenoxy) is 2. The van der Waals surface area contributed by atoms with Crippen LogP contribution in [0.3, 0.4) is 0 Å². The summed E-state index contributed by atoms with van der Waals surface area (Å²) >= 11 is 3.51. The van der Waals surface area contributed by atoms with Gasteiger partial charge in [0.25, 0.3) is 0 Å². The molecule has 0 aliphatic rings. The van der Waals surface area contributed by atoms with Gasteiger partial charge >= 0.3 is 0 Å². The lowest BCUT2D eigenvalue weighted by molar-refractivity contribution is -0.122. The predicted octanol–water partition coefficient (Wildman–Crippen LogP) is 1.65. The van der Waals surface area contributed by atoms with Crippen LogP contribution in [0.4, 0.5) is 0 Å². The SMILES string of the molecule is COCCNC(=O)CN(C)Cc1cc(OC)ccc1Br. The van der Waals surface area contributed by atoms with E-state index in [9.17, 15) is 4.79 Å². The van der Waals surface area contributed by atoms with Gasteiger partial charge in [-0.15, -0.1) is 0 Å². The molecule has 0 heterocycles. The van der Waals surface area contributed by atoms with Crippen molar-refractivity contribution in [1.29, 1.82) is 0 Å². The number of hydrogen-bond donors (Lipinski definition) is 1. The number of carbonyl (C=O) groups is 1. The highest BCUT2D eigenvalue weighted by Gasteiger charge is 2.09. The van der Waals surface area contributed by atoms with Crippen LogP contribution in [0.5, 0.6) is 5.75 Å². The Balaban J connectivity index is 2.49. The molecule has 1 N–H and O–H groups in total. The molecule has 1 aromatic rings. The van der Waals surface area contributed by atoms with Gasteiger partial charge in [-0.2, -0.15) is 0 Å². The fourth-order valence-corrected chi connectivity index (χ4v) is 2.11. The van der Waals surface area contributed by atoms with Crippen molar-refractivity contribution in [2.45, 2.75) is 6.54 Å². The third-order valence-electron chi connectivity index (χ3n) is 2.74. The van der Waals surface area contributed by atoms with Crippen LogP contribution in [-0.4, -0.2) is 51.8 Å². The van der Waals surface area contributed by atoms with Crippen LogP contribution in [0.15, 0.2) is 22.7 Å². The van der Waals surface area contributed by atoms with Crippen molar-refractivity contribution in [2.24, 2.45) is 0 Å². The van der Waals surface area contributed by atoms with Crippen LogP contribution >= 0.6 is 15.9 Å². The van der Waals surface area contributed by atoms with Crippen LogP contribution in [0, 0.1) is 0 Å². The van der Waals surface area contributed by atoms with E-state index in [0.29, 0.717) is 26.2 Å². The zero-order chi connectivity index (χ0) is 15.0. The summed E-state index contributed by atoms with van der Waals surface area (Å²) in [5, 5.41) is 2.80. The van der Waals surface area contributed by atoms with Crippen molar-refractivity contribution in [2.75, 3.05) is 41.0 Å². The van der Waals surface area contributed by atoms with Crippen molar-refractivity contribution in [3.63, 3.8) is 0 Å². The molecule has 1 aromatic carbocycles. The van der Waals surface area contributed by atoms with Gasteiger partial charge in [0.05, 0.1) is 20.3 Å². The molecule has 0 saturated carbocycles. The van der Waals surface area contributed by atoms with Gasteiger partial charge in [-0.3, -0.25) is 9.69 Å². The zero-order valence-corrected chi connectivity index (χ0v) is 13.7. The number of nitrogens with one attached hydrogen (secondary N) is 1. The Labute approximate surface area is 128 Å². The standard InChI is InChI=1S/C14H21BrN2O3/c1-17(10-14(18)16-6-7-19-2)9-11-8-12(20-3)4-5-13(11)15/h4-5,8H,6-7,9-10H2,1-3H3,(H,16,18). The topological polar surface area (TPSA) is 50.8 Å². The van der Waals surface area contributed by atoms with Gasteiger partial charge in [0.1, 0.15) is 5.75 Å². The molecule has 1 rings (SSSR count). The second-order valence-corrected chi connectivity index (χ2v) is 5.33. The van der Waals surface area contributed by atoms with E-state index in [1.165, 1.54) is 0 Å². The summed E-state index contributed by atoms with van der Waals surface area (Å²) in [6.07, 6.45) is 0. The fraction of sp³-hybridized carbons (Fsp3) is 0.500. The van der Waals surface area contributed by atoms with Crippen molar-refractivity contribution in [3.05, 3.63) is 28.2 Å². The first-order chi connectivity index (χ1) is 9.56. The van der Waals surface area contributed by atoms with Gasteiger partial charge in [-0.1, -0.05) is 15.9 Å². The van der Waals surface area contributed by atoms with E-state index in [0.717, 1.165) is 15.8 Å². The van der Waals surface area contributed by atoms with Gasteiger partial charge in [-0.25, -0.2) is 0 Å². The van der Waals surface area contributed by atoms with Gasteiger partial charge < -0.3 is 14.8 Å². The molecule has 0 unspecified atom stereocenters. The van der Waals surface area contributed by atoms with Crippen LogP contribution in [0.25, 0.3) is 0 Å². The maximum Gasteiger partial charge on any atom is 0.234 e. The molecule has 0 radical (unpaired) electrons. The minimum atomic E-state index is -0.0106. The second-order valence-electron chi connectivity index (χ2n) is 4.47. The van der Waals surface area contributed by atoms with Crippen LogP contribution in [0.1, 0.15) is 5.56 Å². The quantitative estimate of drug-likeness (QED) is 0.728. The van der Waals surface area contributed by atoms with Crippen molar-refractivity contribution < 1.29 is 14.3 Å². The number of nitrogens with zero attached hydrogens (tertiary/aromatic N) is 1. The summed E-state index contributed by atoms with van der Waals surface area (Å²) in [5.41, 5.74) is 1.08. The van der Waals surface area contributed by atoms with Crippen molar-refractivity contribution in [3.8, 4) is 5.75 Å². The van der Waals surface area contributed by atoms with E-state index >= 15 is 0 Å². The van der Waals surface area contributed by atoms with Crippen molar-refractivity contribution in [1.82, 2.24) is 10.2 Å². The molecule has 112 valence electrons. The van der Waals surface area contributed by atoms with E-state index in [-0.39, 0.29) is 5.91 Å². The molecule has 6 heteroatoms. The molecule has 0 aliphatic heterocycles. The average Bonchev–Trinajstić information content (AvgIpc) is 2.41. The van der Waals surface area contributed by atoms with E-state index < -0.39 is 0 Å². The molecule has 0 fully saturated rings. The van der Waals surface area contributed by atoms with Gasteiger partial charge in [0, 0.05) is 24.7 Å². The molecule has 0 saturated heterocycles. The predicted molar refractivity (Wildman–Crippen MR) is 81.9 cm³/mol. The van der Waals surface area contributed by atoms with E-state index in [1.807, 2.05) is 30.1 Å². The Kier molecular flexibility index (Phi) is 7.58. The lowest BCUT2D eigenvalue weighted by Gasteiger charge is -2.17. The Morgan fingerprint density at radius 2 is 2.15 bits per heavy atom. The molecule has 0 bridgehead atoms. The minimum absolute atomic E-state index is 0.0106. The van der Waals surface area contributed by atoms with Crippen LogP contribution in [0.2, 0.25) is 0 Å². The normalized spacial score (nSPS) is 10.7. The molecule has 0 aliphatic carbocycles. The number of amides is 1. The monoisotopic (exact) mass is 344 g/mol. The first kappa shape index (κ1) is 16.9. The lowest BCUT2D eigenvalue weighted by Crippen LogP contribution is -2.36. The molecular formula is C14H21BrN2O3. The Hall–Kier alpha value is -1.11. The number of halogens is 1. The van der Waals surface area contributed by atoms with E-state index in [1.54, 1.807) is 14.2 Å². The lowest BCUT2D eigenvalue weighted by atomic mass is 10.2. The number of hydrogen-bond acceptors (Lipinski definition) is 4. The molecule has 5 nitrogen and oxygen atoms in total. The summed E-state index contributed by atoms with van der Waals surface area (Å²) in [5.74, 6) is 0.796. The third-order valence-corrected chi connectivity index (χ3v) is 3.51. The third kappa shape index (κ3) is 5.90. The summed E-state index contributed by atoms with van der Waals surface area (Å²) in [7, 11) is 5.15. The highest BCUT2D eigenvalue weighted by atomic mass is 79.9. The van der Waals surface area contributed by atoms with Crippen LogP contribution in [-0.2, 0) is 16.1 Å². The highest BCUT2D eigenvalue weighted by Crippen LogP contribution is 2.23. The van der Waals surface area contributed by atoms with Crippen LogP contribution < -0.4 is 10.1 Å². The first-order valence-corrected chi connectivity index (χ1v) is 7.12. The summed E-state index contributed by atoms with van der Waals surface area (Å²) in [4.78, 5) is 13.6. The largest absolute Gasteiger partial charge is 0.497 e. The summed E-state index contributed by atoms with van der Waals surface area (Å²) in [6.45, 7) is 2.06. The van der Waals surface area contributed by atoms with Crippen molar-refractivity contribution >= 4 is 21.8 Å². The fourth-order valence-electron chi connectivity index (χ4n) is 1.74. The number of methoxy groups -OCH3 is 2. The smallest absolute Gasteiger partial charge is 0.234 e. The summed E-state index contributed by atoms with van der Waals surface area (Å²) < 4.78 is 11.1. The minimum Gasteiger partial charge on any atom is -0.497 e. The maximum atomic E-state index is 11.7. The van der Waals surface area contributed by atoms with Gasteiger partial charge in [-0.05, 0) is 30.8 Å². The maximum absolute atomic E-state index is 11.7. The molecule has 0 spiro atoms. The molecule has 0 aromatic heterocycles. The molecular weight excluding hydrogens is 324 g/mol. The molecule has 1 amide bonds. The second kappa shape index (κ2) is 8.94.